The molecule has 24 heavy (non-hydrogen) atoms. The summed E-state index contributed by atoms with van der Waals surface area (Å²) in [4.78, 5) is 5.10. The van der Waals surface area contributed by atoms with Gasteiger partial charge in [-0.2, -0.15) is 0 Å². The number of hydrogen-bond donors (Lipinski definition) is 0. The molecule has 0 saturated heterocycles. The molecular weight excluding hydrogens is 365 g/mol. The van der Waals surface area contributed by atoms with E-state index in [0.717, 1.165) is 22.2 Å². The first-order chi connectivity index (χ1) is 11.5. The Morgan fingerprint density at radius 2 is 1.75 bits per heavy atom. The number of halogens is 2. The predicted molar refractivity (Wildman–Crippen MR) is 99.8 cm³/mol. The second-order valence-electron chi connectivity index (χ2n) is 6.98. The van der Waals surface area contributed by atoms with Gasteiger partial charge >= 0.3 is 0 Å². The molecule has 1 unspecified atom stereocenters. The maximum absolute atomic E-state index is 13.3. The van der Waals surface area contributed by atoms with E-state index in [4.69, 9.17) is 4.99 Å². The maximum atomic E-state index is 13.3. The molecule has 0 amide bonds. The van der Waals surface area contributed by atoms with E-state index in [2.05, 4.69) is 60.1 Å². The molecule has 1 aliphatic heterocycles. The third kappa shape index (κ3) is 2.46. The van der Waals surface area contributed by atoms with Crippen molar-refractivity contribution in [1.29, 1.82) is 0 Å². The highest BCUT2D eigenvalue weighted by Crippen LogP contribution is 2.62. The Labute approximate surface area is 150 Å². The molecule has 1 fully saturated rings. The van der Waals surface area contributed by atoms with Crippen molar-refractivity contribution in [2.45, 2.75) is 26.3 Å². The van der Waals surface area contributed by atoms with Crippen LogP contribution in [0.2, 0.25) is 0 Å². The number of fused-ring (bicyclic) bond motifs is 1. The Kier molecular flexibility index (Phi) is 3.72. The molecule has 0 aromatic heterocycles. The fourth-order valence-corrected chi connectivity index (χ4v) is 4.07. The molecule has 0 radical (unpaired) electrons. The van der Waals surface area contributed by atoms with Gasteiger partial charge < -0.3 is 0 Å². The van der Waals surface area contributed by atoms with Gasteiger partial charge in [-0.15, -0.1) is 0 Å². The highest BCUT2D eigenvalue weighted by molar-refractivity contribution is 9.10. The van der Waals surface area contributed by atoms with Crippen molar-refractivity contribution in [3.63, 3.8) is 0 Å². The number of allylic oxidation sites excluding steroid dienone is 1. The van der Waals surface area contributed by atoms with Crippen molar-refractivity contribution in [3.8, 4) is 0 Å². The summed E-state index contributed by atoms with van der Waals surface area (Å²) >= 11 is 3.49. The molecule has 122 valence electrons. The third-order valence-electron chi connectivity index (χ3n) is 5.28. The first-order valence-electron chi connectivity index (χ1n) is 8.31. The average molecular weight is 384 g/mol. The number of benzene rings is 2. The lowest BCUT2D eigenvalue weighted by Crippen LogP contribution is -2.26. The predicted octanol–water partition coefficient (Wildman–Crippen LogP) is 6.10. The molecule has 1 aliphatic carbocycles. The normalized spacial score (nSPS) is 25.1. The standard InChI is InChI=1S/C21H19BrFN/c1-13(2)21-12-16(21)11-19(14-3-7-17(22)8-4-14)24-20(21)15-5-9-18(23)10-6-15/h3-11,13,19H,12H2,1-2H3/t19-,21?/m1/s1. The monoisotopic (exact) mass is 383 g/mol. The Bertz CT molecular complexity index is 833. The number of nitrogens with zero attached hydrogens (tertiary/aromatic N) is 1. The Balaban J connectivity index is 1.80. The number of hydrogen-bond acceptors (Lipinski definition) is 1. The molecule has 0 spiro atoms. The van der Waals surface area contributed by atoms with Gasteiger partial charge in [0.05, 0.1) is 11.8 Å². The quantitative estimate of drug-likeness (QED) is 0.567. The lowest BCUT2D eigenvalue weighted by atomic mass is 9.81. The smallest absolute Gasteiger partial charge is 0.123 e. The summed E-state index contributed by atoms with van der Waals surface area (Å²) in [5.74, 6) is 0.281. The van der Waals surface area contributed by atoms with Crippen LogP contribution in [-0.4, -0.2) is 5.71 Å². The van der Waals surface area contributed by atoms with Crippen LogP contribution in [0, 0.1) is 17.2 Å². The lowest BCUT2D eigenvalue weighted by Gasteiger charge is -2.27. The molecule has 1 nitrogen and oxygen atoms in total. The summed E-state index contributed by atoms with van der Waals surface area (Å²) < 4.78 is 14.4. The topological polar surface area (TPSA) is 12.4 Å². The summed E-state index contributed by atoms with van der Waals surface area (Å²) in [5.41, 5.74) is 4.86. The van der Waals surface area contributed by atoms with E-state index in [-0.39, 0.29) is 17.3 Å². The van der Waals surface area contributed by atoms with Crippen LogP contribution < -0.4 is 0 Å². The van der Waals surface area contributed by atoms with Gasteiger partial charge in [-0.05, 0) is 47.7 Å². The van der Waals surface area contributed by atoms with Crippen LogP contribution in [0.25, 0.3) is 0 Å². The zero-order valence-electron chi connectivity index (χ0n) is 13.8. The minimum atomic E-state index is -0.204. The van der Waals surface area contributed by atoms with Crippen LogP contribution in [0.4, 0.5) is 4.39 Å². The number of rotatable bonds is 3. The molecule has 2 aromatic rings. The van der Waals surface area contributed by atoms with Gasteiger partial charge in [0.25, 0.3) is 0 Å². The van der Waals surface area contributed by atoms with E-state index in [1.807, 2.05) is 12.1 Å². The van der Waals surface area contributed by atoms with Crippen LogP contribution >= 0.6 is 15.9 Å². The SMILES string of the molecule is CC(C)C12CC1=C[C@H](c1ccc(Br)cc1)N=C2c1ccc(F)cc1. The van der Waals surface area contributed by atoms with E-state index < -0.39 is 0 Å². The van der Waals surface area contributed by atoms with Crippen molar-refractivity contribution < 1.29 is 4.39 Å². The number of dihydropyridines is 1. The van der Waals surface area contributed by atoms with E-state index >= 15 is 0 Å². The van der Waals surface area contributed by atoms with Gasteiger partial charge in [0.1, 0.15) is 5.82 Å². The first-order valence-corrected chi connectivity index (χ1v) is 9.11. The van der Waals surface area contributed by atoms with Crippen LogP contribution in [0.1, 0.15) is 37.4 Å². The molecule has 2 aromatic carbocycles. The van der Waals surface area contributed by atoms with Gasteiger partial charge in [-0.1, -0.05) is 65.7 Å². The lowest BCUT2D eigenvalue weighted by molar-refractivity contribution is 0.491. The van der Waals surface area contributed by atoms with Gasteiger partial charge in [-0.3, -0.25) is 4.99 Å². The molecule has 2 atom stereocenters. The zero-order valence-corrected chi connectivity index (χ0v) is 15.3. The highest BCUT2D eigenvalue weighted by atomic mass is 79.9. The molecule has 4 rings (SSSR count). The van der Waals surface area contributed by atoms with Crippen LogP contribution in [0.3, 0.4) is 0 Å². The van der Waals surface area contributed by atoms with E-state index in [0.29, 0.717) is 5.92 Å². The van der Waals surface area contributed by atoms with E-state index in [1.165, 1.54) is 23.3 Å². The molecule has 0 N–H and O–H groups in total. The van der Waals surface area contributed by atoms with Gasteiger partial charge in [-0.25, -0.2) is 4.39 Å². The van der Waals surface area contributed by atoms with Crippen molar-refractivity contribution in [2.75, 3.05) is 0 Å². The van der Waals surface area contributed by atoms with Crippen molar-refractivity contribution >= 4 is 21.6 Å². The number of aliphatic imine (C=N–C) groups is 1. The summed E-state index contributed by atoms with van der Waals surface area (Å²) in [6, 6.07) is 15.2. The van der Waals surface area contributed by atoms with Gasteiger partial charge in [0.2, 0.25) is 0 Å². The summed E-state index contributed by atoms with van der Waals surface area (Å²) in [5, 5.41) is 0. The molecule has 1 heterocycles. The highest BCUT2D eigenvalue weighted by Gasteiger charge is 2.57. The van der Waals surface area contributed by atoms with Crippen LogP contribution in [0.5, 0.6) is 0 Å². The minimum absolute atomic E-state index is 0.0440. The van der Waals surface area contributed by atoms with Gasteiger partial charge in [0.15, 0.2) is 0 Å². The molecule has 3 heteroatoms. The maximum Gasteiger partial charge on any atom is 0.123 e. The third-order valence-corrected chi connectivity index (χ3v) is 5.81. The fourth-order valence-electron chi connectivity index (χ4n) is 3.80. The molecule has 2 aliphatic rings. The van der Waals surface area contributed by atoms with Crippen molar-refractivity contribution in [3.05, 3.63) is 81.6 Å². The van der Waals surface area contributed by atoms with Crippen LogP contribution in [0.15, 0.2) is 69.6 Å². The minimum Gasteiger partial charge on any atom is -0.276 e. The second kappa shape index (κ2) is 5.66. The summed E-state index contributed by atoms with van der Waals surface area (Å²) in [7, 11) is 0. The fraction of sp³-hybridized carbons (Fsp3) is 0.286. The van der Waals surface area contributed by atoms with Gasteiger partial charge in [0, 0.05) is 9.89 Å². The average Bonchev–Trinajstić information content (AvgIpc) is 3.31. The van der Waals surface area contributed by atoms with E-state index in [1.54, 1.807) is 0 Å². The summed E-state index contributed by atoms with van der Waals surface area (Å²) in [6.45, 7) is 4.50. The van der Waals surface area contributed by atoms with Crippen molar-refractivity contribution in [2.24, 2.45) is 16.3 Å². The van der Waals surface area contributed by atoms with Crippen molar-refractivity contribution in [1.82, 2.24) is 0 Å². The largest absolute Gasteiger partial charge is 0.276 e. The Hall–Kier alpha value is -1.74. The molecule has 1 saturated carbocycles. The van der Waals surface area contributed by atoms with E-state index in [9.17, 15) is 4.39 Å². The second-order valence-corrected chi connectivity index (χ2v) is 7.89. The molecule has 0 bridgehead atoms. The first kappa shape index (κ1) is 15.8. The van der Waals surface area contributed by atoms with Crippen LogP contribution in [-0.2, 0) is 0 Å². The zero-order chi connectivity index (χ0) is 16.9. The molecular formula is C21H19BrFN. The summed E-state index contributed by atoms with van der Waals surface area (Å²) in [6.07, 6.45) is 3.38. The Morgan fingerprint density at radius 1 is 1.08 bits per heavy atom. The Morgan fingerprint density at radius 3 is 2.38 bits per heavy atom.